The second-order valence-electron chi connectivity index (χ2n) is 7.17. The highest BCUT2D eigenvalue weighted by Crippen LogP contribution is 2.30. The molecule has 0 spiro atoms. The molecule has 0 fully saturated rings. The van der Waals surface area contributed by atoms with Crippen molar-refractivity contribution in [3.8, 4) is 0 Å². The Kier molecular flexibility index (Phi) is 6.72. The first kappa shape index (κ1) is 21.5. The quantitative estimate of drug-likeness (QED) is 0.531. The number of aryl methyl sites for hydroxylation is 1. The minimum absolute atomic E-state index is 0.362. The summed E-state index contributed by atoms with van der Waals surface area (Å²) in [5.74, 6) is 0. The number of halogens is 3. The summed E-state index contributed by atoms with van der Waals surface area (Å²) in [4.78, 5) is 6.51. The number of benzene rings is 2. The SMILES string of the molecule is Cc1ccc(CN(Cc2cccc(C(F)(F)F)c2)Cc2nc(C(C)O)cs2)cc1. The lowest BCUT2D eigenvalue weighted by molar-refractivity contribution is -0.137. The van der Waals surface area contributed by atoms with E-state index in [0.717, 1.165) is 22.2 Å². The molecule has 0 aliphatic heterocycles. The van der Waals surface area contributed by atoms with Gasteiger partial charge in [-0.3, -0.25) is 4.90 Å². The highest BCUT2D eigenvalue weighted by atomic mass is 32.1. The van der Waals surface area contributed by atoms with Crippen molar-refractivity contribution in [1.29, 1.82) is 0 Å². The molecule has 3 nitrogen and oxygen atoms in total. The van der Waals surface area contributed by atoms with Crippen LogP contribution in [0.1, 0.15) is 46.0 Å². The second kappa shape index (κ2) is 9.07. The van der Waals surface area contributed by atoms with Crippen LogP contribution in [-0.4, -0.2) is 15.0 Å². The van der Waals surface area contributed by atoms with Crippen LogP contribution in [0.3, 0.4) is 0 Å². The van der Waals surface area contributed by atoms with Crippen molar-refractivity contribution in [1.82, 2.24) is 9.88 Å². The first-order valence-corrected chi connectivity index (χ1v) is 10.1. The van der Waals surface area contributed by atoms with E-state index in [9.17, 15) is 18.3 Å². The summed E-state index contributed by atoms with van der Waals surface area (Å²) >= 11 is 1.44. The Hall–Kier alpha value is -2.22. The predicted molar refractivity (Wildman–Crippen MR) is 108 cm³/mol. The van der Waals surface area contributed by atoms with Crippen LogP contribution in [0.15, 0.2) is 53.9 Å². The highest BCUT2D eigenvalue weighted by molar-refractivity contribution is 7.09. The number of hydrogen-bond acceptors (Lipinski definition) is 4. The van der Waals surface area contributed by atoms with Crippen molar-refractivity contribution < 1.29 is 18.3 Å². The Morgan fingerprint density at radius 1 is 1.03 bits per heavy atom. The van der Waals surface area contributed by atoms with Gasteiger partial charge in [-0.2, -0.15) is 13.2 Å². The van der Waals surface area contributed by atoms with Gasteiger partial charge < -0.3 is 5.11 Å². The standard InChI is InChI=1S/C22H23F3N2OS/c1-15-6-8-17(9-7-15)11-27(13-21-26-20(14-29-21)16(2)28)12-18-4-3-5-19(10-18)22(23,24)25/h3-10,14,16,28H,11-13H2,1-2H3. The van der Waals surface area contributed by atoms with Crippen molar-refractivity contribution in [2.75, 3.05) is 0 Å². The molecule has 0 saturated carbocycles. The molecule has 0 amide bonds. The van der Waals surface area contributed by atoms with Crippen LogP contribution in [0, 0.1) is 6.92 Å². The summed E-state index contributed by atoms with van der Waals surface area (Å²) < 4.78 is 39.2. The minimum atomic E-state index is -4.36. The van der Waals surface area contributed by atoms with E-state index in [4.69, 9.17) is 0 Å². The van der Waals surface area contributed by atoms with E-state index in [1.807, 2.05) is 36.6 Å². The summed E-state index contributed by atoms with van der Waals surface area (Å²) in [5, 5.41) is 12.3. The van der Waals surface area contributed by atoms with E-state index < -0.39 is 17.8 Å². The second-order valence-corrected chi connectivity index (χ2v) is 8.11. The van der Waals surface area contributed by atoms with Crippen LogP contribution < -0.4 is 0 Å². The van der Waals surface area contributed by atoms with E-state index in [2.05, 4.69) is 9.88 Å². The molecule has 3 aromatic rings. The van der Waals surface area contributed by atoms with Gasteiger partial charge in [0.1, 0.15) is 5.01 Å². The number of aliphatic hydroxyl groups excluding tert-OH is 1. The third-order valence-electron chi connectivity index (χ3n) is 4.54. The smallest absolute Gasteiger partial charge is 0.387 e. The average molecular weight is 421 g/mol. The summed E-state index contributed by atoms with van der Waals surface area (Å²) in [7, 11) is 0. The van der Waals surface area contributed by atoms with Crippen molar-refractivity contribution in [3.05, 3.63) is 86.9 Å². The fourth-order valence-corrected chi connectivity index (χ4v) is 3.93. The lowest BCUT2D eigenvalue weighted by atomic mass is 10.1. The van der Waals surface area contributed by atoms with Gasteiger partial charge in [-0.1, -0.05) is 48.0 Å². The van der Waals surface area contributed by atoms with Crippen molar-refractivity contribution >= 4 is 11.3 Å². The molecule has 154 valence electrons. The van der Waals surface area contributed by atoms with Gasteiger partial charge in [0.15, 0.2) is 0 Å². The van der Waals surface area contributed by atoms with E-state index in [-0.39, 0.29) is 0 Å². The maximum Gasteiger partial charge on any atom is 0.416 e. The zero-order valence-electron chi connectivity index (χ0n) is 16.3. The molecule has 2 aromatic carbocycles. The topological polar surface area (TPSA) is 36.4 Å². The fraction of sp³-hybridized carbons (Fsp3) is 0.318. The van der Waals surface area contributed by atoms with Gasteiger partial charge in [-0.15, -0.1) is 11.3 Å². The Bertz CT molecular complexity index is 936. The number of thiazole rings is 1. The molecule has 1 heterocycles. The summed E-state index contributed by atoms with van der Waals surface area (Å²) in [6, 6.07) is 13.5. The molecule has 1 atom stereocenters. The molecule has 0 bridgehead atoms. The zero-order valence-corrected chi connectivity index (χ0v) is 17.1. The summed E-state index contributed by atoms with van der Waals surface area (Å²) in [6.45, 7) is 5.10. The third-order valence-corrected chi connectivity index (χ3v) is 5.40. The molecule has 1 aromatic heterocycles. The number of hydrogen-bond donors (Lipinski definition) is 1. The van der Waals surface area contributed by atoms with Gasteiger partial charge in [-0.05, 0) is 31.0 Å². The lowest BCUT2D eigenvalue weighted by Gasteiger charge is -2.22. The van der Waals surface area contributed by atoms with Gasteiger partial charge in [-0.25, -0.2) is 4.98 Å². The molecule has 0 aliphatic rings. The van der Waals surface area contributed by atoms with Crippen LogP contribution in [-0.2, 0) is 25.8 Å². The van der Waals surface area contributed by atoms with Gasteiger partial charge in [0.05, 0.1) is 23.9 Å². The lowest BCUT2D eigenvalue weighted by Crippen LogP contribution is -2.22. The molecule has 0 saturated heterocycles. The van der Waals surface area contributed by atoms with Crippen molar-refractivity contribution in [2.24, 2.45) is 0 Å². The molecule has 0 aliphatic carbocycles. The maximum absolute atomic E-state index is 13.1. The monoisotopic (exact) mass is 420 g/mol. The van der Waals surface area contributed by atoms with Gasteiger partial charge in [0.2, 0.25) is 0 Å². The fourth-order valence-electron chi connectivity index (χ4n) is 3.00. The Balaban J connectivity index is 1.82. The molecule has 29 heavy (non-hydrogen) atoms. The van der Waals surface area contributed by atoms with Crippen molar-refractivity contribution in [2.45, 2.75) is 45.8 Å². The van der Waals surface area contributed by atoms with Gasteiger partial charge in [0.25, 0.3) is 0 Å². The number of aliphatic hydroxyl groups is 1. The Morgan fingerprint density at radius 2 is 1.72 bits per heavy atom. The van der Waals surface area contributed by atoms with E-state index in [1.54, 1.807) is 13.0 Å². The van der Waals surface area contributed by atoms with Crippen LogP contribution in [0.5, 0.6) is 0 Å². The van der Waals surface area contributed by atoms with Crippen molar-refractivity contribution in [3.63, 3.8) is 0 Å². The molecule has 1 N–H and O–H groups in total. The molecule has 7 heteroatoms. The van der Waals surface area contributed by atoms with Crippen LogP contribution in [0.2, 0.25) is 0 Å². The predicted octanol–water partition coefficient (Wildman–Crippen LogP) is 5.73. The molecular formula is C22H23F3N2OS. The largest absolute Gasteiger partial charge is 0.416 e. The Labute approximate surface area is 172 Å². The molecule has 0 radical (unpaired) electrons. The highest BCUT2D eigenvalue weighted by Gasteiger charge is 2.30. The first-order valence-electron chi connectivity index (χ1n) is 9.27. The maximum atomic E-state index is 13.1. The average Bonchev–Trinajstić information content (AvgIpc) is 3.12. The van der Waals surface area contributed by atoms with E-state index in [0.29, 0.717) is 30.9 Å². The molecule has 1 unspecified atom stereocenters. The van der Waals surface area contributed by atoms with Gasteiger partial charge >= 0.3 is 6.18 Å². The van der Waals surface area contributed by atoms with Gasteiger partial charge in [0, 0.05) is 18.5 Å². The summed E-state index contributed by atoms with van der Waals surface area (Å²) in [5.41, 5.74) is 2.80. The third kappa shape index (κ3) is 6.13. The Morgan fingerprint density at radius 3 is 2.34 bits per heavy atom. The normalized spacial score (nSPS) is 13.1. The molecule has 3 rings (SSSR count). The summed E-state index contributed by atoms with van der Waals surface area (Å²) in [6.07, 6.45) is -5.01. The van der Waals surface area contributed by atoms with E-state index in [1.165, 1.54) is 23.5 Å². The van der Waals surface area contributed by atoms with Crippen LogP contribution in [0.4, 0.5) is 13.2 Å². The number of alkyl halides is 3. The van der Waals surface area contributed by atoms with E-state index >= 15 is 0 Å². The number of rotatable bonds is 7. The van der Waals surface area contributed by atoms with Crippen LogP contribution >= 0.6 is 11.3 Å². The number of aromatic nitrogens is 1. The minimum Gasteiger partial charge on any atom is -0.387 e. The van der Waals surface area contributed by atoms with Crippen LogP contribution in [0.25, 0.3) is 0 Å². The number of nitrogens with zero attached hydrogens (tertiary/aromatic N) is 2. The first-order chi connectivity index (χ1) is 13.7. The zero-order chi connectivity index (χ0) is 21.0. The molecular weight excluding hydrogens is 397 g/mol.